The van der Waals surface area contributed by atoms with Gasteiger partial charge in [0.25, 0.3) is 0 Å². The van der Waals surface area contributed by atoms with E-state index in [9.17, 15) is 8.42 Å². The monoisotopic (exact) mass is 264 g/mol. The Morgan fingerprint density at radius 1 is 1.47 bits per heavy atom. The zero-order valence-corrected chi connectivity index (χ0v) is 11.5. The zero-order chi connectivity index (χ0) is 12.9. The minimum atomic E-state index is -3.23. The summed E-state index contributed by atoms with van der Waals surface area (Å²) in [4.78, 5) is 0. The van der Waals surface area contributed by atoms with Crippen molar-refractivity contribution in [1.29, 1.82) is 0 Å². The lowest BCUT2D eigenvalue weighted by Gasteiger charge is -2.19. The number of rotatable bonds is 7. The largest absolute Gasteiger partial charge is 0.381 e. The van der Waals surface area contributed by atoms with E-state index in [4.69, 9.17) is 10.5 Å². The standard InChI is InChI=1S/C11H24N2O3S/c1-9(2)5-11(6-12)13-17(14,15)8-10-3-4-16-7-10/h9-11,13H,3-8,12H2,1-2H3. The zero-order valence-electron chi connectivity index (χ0n) is 10.7. The van der Waals surface area contributed by atoms with Crippen LogP contribution in [0.4, 0.5) is 0 Å². The van der Waals surface area contributed by atoms with Crippen LogP contribution >= 0.6 is 0 Å². The Labute approximate surface area is 104 Å². The smallest absolute Gasteiger partial charge is 0.212 e. The highest BCUT2D eigenvalue weighted by Crippen LogP contribution is 2.15. The van der Waals surface area contributed by atoms with Crippen LogP contribution in [0.3, 0.4) is 0 Å². The molecular formula is C11H24N2O3S. The Balaban J connectivity index is 2.45. The quantitative estimate of drug-likeness (QED) is 0.693. The van der Waals surface area contributed by atoms with E-state index in [2.05, 4.69) is 18.6 Å². The minimum Gasteiger partial charge on any atom is -0.381 e. The van der Waals surface area contributed by atoms with E-state index in [0.717, 1.165) is 12.8 Å². The van der Waals surface area contributed by atoms with Crippen molar-refractivity contribution < 1.29 is 13.2 Å². The second-order valence-corrected chi connectivity index (χ2v) is 6.99. The van der Waals surface area contributed by atoms with E-state index in [1.165, 1.54) is 0 Å². The average Bonchev–Trinajstić information content (AvgIpc) is 2.67. The molecule has 2 atom stereocenters. The van der Waals surface area contributed by atoms with Gasteiger partial charge in [-0.3, -0.25) is 0 Å². The van der Waals surface area contributed by atoms with Gasteiger partial charge in [-0.05, 0) is 24.7 Å². The van der Waals surface area contributed by atoms with E-state index in [1.807, 2.05) is 0 Å². The SMILES string of the molecule is CC(C)CC(CN)NS(=O)(=O)CC1CCOC1. The molecule has 0 aromatic heterocycles. The molecule has 1 rings (SSSR count). The van der Waals surface area contributed by atoms with Crippen molar-refractivity contribution in [1.82, 2.24) is 4.72 Å². The van der Waals surface area contributed by atoms with Gasteiger partial charge in [0.1, 0.15) is 0 Å². The second kappa shape index (κ2) is 6.68. The van der Waals surface area contributed by atoms with E-state index in [1.54, 1.807) is 0 Å². The summed E-state index contributed by atoms with van der Waals surface area (Å²) in [5.74, 6) is 0.716. The number of hydrogen-bond acceptors (Lipinski definition) is 4. The van der Waals surface area contributed by atoms with Gasteiger partial charge in [0.05, 0.1) is 12.4 Å². The van der Waals surface area contributed by atoms with Gasteiger partial charge < -0.3 is 10.5 Å². The lowest BCUT2D eigenvalue weighted by Crippen LogP contribution is -2.43. The molecule has 0 spiro atoms. The second-order valence-electron chi connectivity index (χ2n) is 5.19. The van der Waals surface area contributed by atoms with Gasteiger partial charge in [-0.1, -0.05) is 13.8 Å². The first-order valence-corrected chi connectivity index (χ1v) is 7.86. The maximum atomic E-state index is 11.9. The molecule has 2 unspecified atom stereocenters. The average molecular weight is 264 g/mol. The van der Waals surface area contributed by atoms with Gasteiger partial charge in [-0.15, -0.1) is 0 Å². The molecular weight excluding hydrogens is 240 g/mol. The van der Waals surface area contributed by atoms with Crippen LogP contribution in [0.15, 0.2) is 0 Å². The molecule has 0 saturated carbocycles. The van der Waals surface area contributed by atoms with E-state index in [-0.39, 0.29) is 17.7 Å². The van der Waals surface area contributed by atoms with Crippen molar-refractivity contribution in [3.63, 3.8) is 0 Å². The first-order chi connectivity index (χ1) is 7.93. The molecule has 1 heterocycles. The van der Waals surface area contributed by atoms with Crippen molar-refractivity contribution in [2.24, 2.45) is 17.6 Å². The van der Waals surface area contributed by atoms with Gasteiger partial charge in [-0.25, -0.2) is 13.1 Å². The summed E-state index contributed by atoms with van der Waals surface area (Å²) in [6.45, 7) is 5.69. The molecule has 0 radical (unpaired) electrons. The molecule has 1 fully saturated rings. The van der Waals surface area contributed by atoms with Gasteiger partial charge in [-0.2, -0.15) is 0 Å². The minimum absolute atomic E-state index is 0.130. The van der Waals surface area contributed by atoms with Crippen molar-refractivity contribution >= 4 is 10.0 Å². The number of nitrogens with two attached hydrogens (primary N) is 1. The summed E-state index contributed by atoms with van der Waals surface area (Å²) < 4.78 is 31.7. The van der Waals surface area contributed by atoms with Crippen molar-refractivity contribution in [2.75, 3.05) is 25.5 Å². The van der Waals surface area contributed by atoms with Crippen LogP contribution in [0, 0.1) is 11.8 Å². The molecule has 6 heteroatoms. The summed E-state index contributed by atoms with van der Waals surface area (Å²) in [7, 11) is -3.23. The molecule has 102 valence electrons. The third-order valence-electron chi connectivity index (χ3n) is 2.87. The van der Waals surface area contributed by atoms with Gasteiger partial charge in [0, 0.05) is 19.2 Å². The fraction of sp³-hybridized carbons (Fsp3) is 1.00. The molecule has 5 nitrogen and oxygen atoms in total. The van der Waals surface area contributed by atoms with Gasteiger partial charge in [0.15, 0.2) is 0 Å². The normalized spacial score (nSPS) is 23.2. The van der Waals surface area contributed by atoms with E-state index < -0.39 is 10.0 Å². The van der Waals surface area contributed by atoms with Crippen LogP contribution in [-0.4, -0.2) is 40.0 Å². The fourth-order valence-corrected chi connectivity index (χ4v) is 3.77. The molecule has 1 aliphatic heterocycles. The summed E-state index contributed by atoms with van der Waals surface area (Å²) in [6, 6.07) is -0.151. The molecule has 3 N–H and O–H groups in total. The van der Waals surface area contributed by atoms with Crippen molar-refractivity contribution in [3.8, 4) is 0 Å². The Morgan fingerprint density at radius 2 is 2.18 bits per heavy atom. The lowest BCUT2D eigenvalue weighted by atomic mass is 10.1. The third kappa shape index (κ3) is 5.81. The van der Waals surface area contributed by atoms with Crippen LogP contribution in [0.1, 0.15) is 26.7 Å². The fourth-order valence-electron chi connectivity index (χ4n) is 2.09. The van der Waals surface area contributed by atoms with Crippen LogP contribution in [0.5, 0.6) is 0 Å². The first-order valence-electron chi connectivity index (χ1n) is 6.20. The van der Waals surface area contributed by atoms with Crippen molar-refractivity contribution in [3.05, 3.63) is 0 Å². The predicted molar refractivity (Wildman–Crippen MR) is 68.1 cm³/mol. The number of sulfonamides is 1. The summed E-state index contributed by atoms with van der Waals surface area (Å²) >= 11 is 0. The molecule has 0 amide bonds. The summed E-state index contributed by atoms with van der Waals surface area (Å²) in [5.41, 5.74) is 5.58. The van der Waals surface area contributed by atoms with Crippen LogP contribution < -0.4 is 10.5 Å². The van der Waals surface area contributed by atoms with E-state index >= 15 is 0 Å². The Kier molecular flexibility index (Phi) is 5.85. The van der Waals surface area contributed by atoms with Crippen LogP contribution in [0.25, 0.3) is 0 Å². The molecule has 1 aliphatic rings. The Morgan fingerprint density at radius 3 is 2.65 bits per heavy atom. The van der Waals surface area contributed by atoms with Crippen LogP contribution in [0.2, 0.25) is 0 Å². The highest BCUT2D eigenvalue weighted by atomic mass is 32.2. The van der Waals surface area contributed by atoms with E-state index in [0.29, 0.717) is 25.7 Å². The molecule has 0 aliphatic carbocycles. The number of hydrogen-bond donors (Lipinski definition) is 2. The third-order valence-corrected chi connectivity index (χ3v) is 4.47. The molecule has 1 saturated heterocycles. The number of nitrogens with one attached hydrogen (secondary N) is 1. The highest BCUT2D eigenvalue weighted by molar-refractivity contribution is 7.89. The first kappa shape index (κ1) is 14.9. The summed E-state index contributed by atoms with van der Waals surface area (Å²) in [5, 5.41) is 0. The predicted octanol–water partition coefficient (Wildman–Crippen LogP) is 0.316. The molecule has 0 aromatic carbocycles. The van der Waals surface area contributed by atoms with Gasteiger partial charge in [0.2, 0.25) is 10.0 Å². The Hall–Kier alpha value is -0.170. The van der Waals surface area contributed by atoms with Gasteiger partial charge >= 0.3 is 0 Å². The maximum absolute atomic E-state index is 11.9. The highest BCUT2D eigenvalue weighted by Gasteiger charge is 2.25. The molecule has 0 bridgehead atoms. The summed E-state index contributed by atoms with van der Waals surface area (Å²) in [6.07, 6.45) is 1.61. The molecule has 0 aromatic rings. The maximum Gasteiger partial charge on any atom is 0.212 e. The van der Waals surface area contributed by atoms with Crippen LogP contribution in [-0.2, 0) is 14.8 Å². The lowest BCUT2D eigenvalue weighted by molar-refractivity contribution is 0.188. The topological polar surface area (TPSA) is 81.4 Å². The molecule has 17 heavy (non-hydrogen) atoms. The Bertz CT molecular complexity index is 311. The number of ether oxygens (including phenoxy) is 1. The van der Waals surface area contributed by atoms with Crippen molar-refractivity contribution in [2.45, 2.75) is 32.7 Å².